The Morgan fingerprint density at radius 1 is 1.23 bits per heavy atom. The van der Waals surface area contributed by atoms with E-state index in [1.165, 1.54) is 12.8 Å². The number of benzene rings is 1. The molecule has 1 aromatic rings. The fraction of sp³-hybridized carbons (Fsp3) is 0.529. The number of rotatable bonds is 4. The Morgan fingerprint density at radius 2 is 2.05 bits per heavy atom. The Kier molecular flexibility index (Phi) is 4.05. The average Bonchev–Trinajstić information content (AvgIpc) is 3.17. The highest BCUT2D eigenvalue weighted by Crippen LogP contribution is 2.48. The molecule has 5 nitrogen and oxygen atoms in total. The van der Waals surface area contributed by atoms with Gasteiger partial charge in [-0.05, 0) is 49.3 Å². The van der Waals surface area contributed by atoms with E-state index in [0.29, 0.717) is 22.9 Å². The molecule has 22 heavy (non-hydrogen) atoms. The Morgan fingerprint density at radius 3 is 2.64 bits per heavy atom. The van der Waals surface area contributed by atoms with Crippen molar-refractivity contribution in [2.75, 3.05) is 19.5 Å². The van der Waals surface area contributed by atoms with Gasteiger partial charge >= 0.3 is 0 Å². The van der Waals surface area contributed by atoms with Gasteiger partial charge in [0, 0.05) is 13.0 Å². The summed E-state index contributed by atoms with van der Waals surface area (Å²) in [4.78, 5) is 24.6. The van der Waals surface area contributed by atoms with Gasteiger partial charge < -0.3 is 15.4 Å². The van der Waals surface area contributed by atoms with Crippen LogP contribution in [0.25, 0.3) is 0 Å². The van der Waals surface area contributed by atoms with E-state index in [-0.39, 0.29) is 17.7 Å². The maximum Gasteiger partial charge on any atom is 0.253 e. The lowest BCUT2D eigenvalue weighted by Crippen LogP contribution is -2.28. The van der Waals surface area contributed by atoms with E-state index < -0.39 is 0 Å². The van der Waals surface area contributed by atoms with Crippen molar-refractivity contribution in [3.63, 3.8) is 0 Å². The van der Waals surface area contributed by atoms with Gasteiger partial charge in [-0.2, -0.15) is 0 Å². The van der Waals surface area contributed by atoms with Gasteiger partial charge in [0.15, 0.2) is 0 Å². The number of fused-ring (bicyclic) bond motifs is 2. The van der Waals surface area contributed by atoms with E-state index in [2.05, 4.69) is 10.6 Å². The van der Waals surface area contributed by atoms with E-state index >= 15 is 0 Å². The number of amides is 2. The van der Waals surface area contributed by atoms with Gasteiger partial charge in [0.05, 0.1) is 18.4 Å². The smallest absolute Gasteiger partial charge is 0.253 e. The van der Waals surface area contributed by atoms with Crippen molar-refractivity contribution in [2.45, 2.75) is 25.7 Å². The third-order valence-corrected chi connectivity index (χ3v) is 5.03. The normalized spacial score (nSPS) is 25.8. The number of nitrogens with one attached hydrogen (secondary N) is 2. The predicted molar refractivity (Wildman–Crippen MR) is 84.0 cm³/mol. The highest BCUT2D eigenvalue weighted by molar-refractivity contribution is 6.04. The minimum atomic E-state index is -0.234. The molecule has 2 N–H and O–H groups in total. The molecule has 0 spiro atoms. The summed E-state index contributed by atoms with van der Waals surface area (Å²) in [6.45, 7) is 0. The van der Waals surface area contributed by atoms with Crippen molar-refractivity contribution in [3.8, 4) is 5.75 Å². The Bertz CT molecular complexity index is 600. The highest BCUT2D eigenvalue weighted by Gasteiger charge is 2.43. The van der Waals surface area contributed by atoms with Gasteiger partial charge in [0.1, 0.15) is 5.75 Å². The van der Waals surface area contributed by atoms with Crippen LogP contribution in [0, 0.1) is 17.8 Å². The molecule has 2 aliphatic carbocycles. The van der Waals surface area contributed by atoms with Crippen molar-refractivity contribution in [1.82, 2.24) is 5.32 Å². The largest absolute Gasteiger partial charge is 0.497 e. The molecule has 3 atom stereocenters. The number of carbonyl (C=O) groups excluding carboxylic acids is 2. The third-order valence-electron chi connectivity index (χ3n) is 5.03. The van der Waals surface area contributed by atoms with E-state index in [1.807, 2.05) is 0 Å². The van der Waals surface area contributed by atoms with Crippen molar-refractivity contribution >= 4 is 17.5 Å². The van der Waals surface area contributed by atoms with Gasteiger partial charge in [-0.3, -0.25) is 9.59 Å². The molecule has 0 saturated heterocycles. The molecule has 0 aromatic heterocycles. The zero-order valence-electron chi connectivity index (χ0n) is 13.0. The standard InChI is InChI=1S/C17H22N2O3/c1-18-16(20)14-9-12(22-2)5-6-15(14)19-17(21)13-8-10-3-4-11(13)7-10/h5-6,9-11,13H,3-4,7-8H2,1-2H3,(H,18,20)(H,19,21). The van der Waals surface area contributed by atoms with Crippen LogP contribution >= 0.6 is 0 Å². The molecule has 2 bridgehead atoms. The monoisotopic (exact) mass is 302 g/mol. The maximum absolute atomic E-state index is 12.5. The first-order valence-electron chi connectivity index (χ1n) is 7.83. The summed E-state index contributed by atoms with van der Waals surface area (Å²) in [7, 11) is 3.12. The summed E-state index contributed by atoms with van der Waals surface area (Å²) >= 11 is 0. The lowest BCUT2D eigenvalue weighted by Gasteiger charge is -2.21. The van der Waals surface area contributed by atoms with E-state index in [4.69, 9.17) is 4.74 Å². The molecular weight excluding hydrogens is 280 g/mol. The summed E-state index contributed by atoms with van der Waals surface area (Å²) in [6.07, 6.45) is 4.60. The molecular formula is C17H22N2O3. The molecule has 0 aliphatic heterocycles. The summed E-state index contributed by atoms with van der Waals surface area (Å²) in [5.41, 5.74) is 0.978. The maximum atomic E-state index is 12.5. The summed E-state index contributed by atoms with van der Waals surface area (Å²) in [5.74, 6) is 1.74. The fourth-order valence-electron chi connectivity index (χ4n) is 3.87. The fourth-order valence-corrected chi connectivity index (χ4v) is 3.87. The molecule has 118 valence electrons. The summed E-state index contributed by atoms with van der Waals surface area (Å²) < 4.78 is 5.16. The molecule has 2 fully saturated rings. The summed E-state index contributed by atoms with van der Waals surface area (Å²) in [6, 6.07) is 5.13. The zero-order chi connectivity index (χ0) is 15.7. The van der Waals surface area contributed by atoms with Crippen molar-refractivity contribution < 1.29 is 14.3 Å². The molecule has 5 heteroatoms. The molecule has 0 heterocycles. The molecule has 1 aromatic carbocycles. The Labute approximate surface area is 130 Å². The van der Waals surface area contributed by atoms with Gasteiger partial charge in [0.2, 0.25) is 5.91 Å². The van der Waals surface area contributed by atoms with Crippen LogP contribution in [0.2, 0.25) is 0 Å². The topological polar surface area (TPSA) is 67.4 Å². The molecule has 3 rings (SSSR count). The average molecular weight is 302 g/mol. The number of anilines is 1. The van der Waals surface area contributed by atoms with Gasteiger partial charge in [-0.25, -0.2) is 0 Å². The lowest BCUT2D eigenvalue weighted by atomic mass is 9.88. The third kappa shape index (κ3) is 2.67. The Balaban J connectivity index is 1.79. The predicted octanol–water partition coefficient (Wildman–Crippen LogP) is 2.43. The second kappa shape index (κ2) is 5.99. The molecule has 2 amide bonds. The lowest BCUT2D eigenvalue weighted by molar-refractivity contribution is -0.121. The molecule has 2 aliphatic rings. The van der Waals surface area contributed by atoms with Crippen molar-refractivity contribution in [1.29, 1.82) is 0 Å². The Hall–Kier alpha value is -2.04. The minimum absolute atomic E-state index is 0.0440. The van der Waals surface area contributed by atoms with E-state index in [0.717, 1.165) is 18.8 Å². The minimum Gasteiger partial charge on any atom is -0.497 e. The molecule has 0 radical (unpaired) electrons. The quantitative estimate of drug-likeness (QED) is 0.897. The number of hydrogen-bond acceptors (Lipinski definition) is 3. The van der Waals surface area contributed by atoms with Crippen LogP contribution in [0.3, 0.4) is 0 Å². The number of ether oxygens (including phenoxy) is 1. The summed E-state index contributed by atoms with van der Waals surface area (Å²) in [5, 5.41) is 5.55. The molecule has 2 saturated carbocycles. The number of methoxy groups -OCH3 is 1. The zero-order valence-corrected chi connectivity index (χ0v) is 13.0. The van der Waals surface area contributed by atoms with Gasteiger partial charge in [-0.15, -0.1) is 0 Å². The van der Waals surface area contributed by atoms with Crippen molar-refractivity contribution in [3.05, 3.63) is 23.8 Å². The second-order valence-corrected chi connectivity index (χ2v) is 6.26. The molecule has 3 unspecified atom stereocenters. The first-order valence-corrected chi connectivity index (χ1v) is 7.83. The van der Waals surface area contributed by atoms with Crippen LogP contribution in [0.1, 0.15) is 36.0 Å². The SMILES string of the molecule is CNC(=O)c1cc(OC)ccc1NC(=O)C1CC2CCC1C2. The first-order chi connectivity index (χ1) is 10.6. The highest BCUT2D eigenvalue weighted by atomic mass is 16.5. The van der Waals surface area contributed by atoms with Crippen LogP contribution in [0.5, 0.6) is 5.75 Å². The van der Waals surface area contributed by atoms with E-state index in [1.54, 1.807) is 32.4 Å². The first kappa shape index (κ1) is 14.9. The number of carbonyl (C=O) groups is 2. The van der Waals surface area contributed by atoms with Crippen LogP contribution < -0.4 is 15.4 Å². The van der Waals surface area contributed by atoms with E-state index in [9.17, 15) is 9.59 Å². The van der Waals surface area contributed by atoms with Gasteiger partial charge in [-0.1, -0.05) is 6.42 Å². The van der Waals surface area contributed by atoms with Crippen LogP contribution in [0.4, 0.5) is 5.69 Å². The van der Waals surface area contributed by atoms with Crippen LogP contribution in [-0.4, -0.2) is 26.0 Å². The second-order valence-electron chi connectivity index (χ2n) is 6.26. The van der Waals surface area contributed by atoms with Crippen molar-refractivity contribution in [2.24, 2.45) is 17.8 Å². The van der Waals surface area contributed by atoms with Gasteiger partial charge in [0.25, 0.3) is 5.91 Å². The van der Waals surface area contributed by atoms with Crippen LogP contribution in [-0.2, 0) is 4.79 Å². The number of hydrogen-bond donors (Lipinski definition) is 2. The van der Waals surface area contributed by atoms with Crippen LogP contribution in [0.15, 0.2) is 18.2 Å².